The van der Waals surface area contributed by atoms with Crippen molar-refractivity contribution in [1.29, 1.82) is 5.26 Å². The largest absolute Gasteiger partial charge is 0.383 e. The number of anilines is 2. The van der Waals surface area contributed by atoms with Crippen LogP contribution in [0.5, 0.6) is 0 Å². The number of halogens is 1. The molecule has 0 aromatic carbocycles. The highest BCUT2D eigenvalue weighted by Gasteiger charge is 2.19. The van der Waals surface area contributed by atoms with E-state index in [1.54, 1.807) is 7.11 Å². The molecule has 0 amide bonds. The lowest BCUT2D eigenvalue weighted by molar-refractivity contribution is 0.205. The first-order valence-corrected chi connectivity index (χ1v) is 7.39. The average Bonchev–Trinajstić information content (AvgIpc) is 3.01. The summed E-state index contributed by atoms with van der Waals surface area (Å²) in [6.07, 6.45) is 2.67. The Bertz CT molecular complexity index is 500. The monoisotopic (exact) mass is 310 g/mol. The summed E-state index contributed by atoms with van der Waals surface area (Å²) in [6, 6.07) is 2.13. The van der Waals surface area contributed by atoms with Crippen LogP contribution in [0, 0.1) is 11.3 Å². The lowest BCUT2D eigenvalue weighted by Gasteiger charge is -2.23. The second-order valence-corrected chi connectivity index (χ2v) is 5.12. The topological polar surface area (TPSA) is 78.2 Å². The van der Waals surface area contributed by atoms with E-state index < -0.39 is 0 Å². The van der Waals surface area contributed by atoms with E-state index in [0.717, 1.165) is 25.9 Å². The normalized spacial score (nSPS) is 14.2. The first-order valence-electron chi connectivity index (χ1n) is 7.02. The molecule has 21 heavy (non-hydrogen) atoms. The summed E-state index contributed by atoms with van der Waals surface area (Å²) in [4.78, 5) is 16.9. The molecule has 0 unspecified atom stereocenters. The van der Waals surface area contributed by atoms with Gasteiger partial charge in [-0.15, -0.1) is 0 Å². The lowest BCUT2D eigenvalue weighted by atomic mass is 10.4. The van der Waals surface area contributed by atoms with Gasteiger partial charge in [-0.1, -0.05) is 0 Å². The van der Waals surface area contributed by atoms with Gasteiger partial charge in [0.2, 0.25) is 17.2 Å². The fourth-order valence-electron chi connectivity index (χ4n) is 2.23. The maximum atomic E-state index is 8.77. The van der Waals surface area contributed by atoms with Crippen molar-refractivity contribution >= 4 is 23.5 Å². The summed E-state index contributed by atoms with van der Waals surface area (Å²) in [6.45, 7) is 3.57. The van der Waals surface area contributed by atoms with Gasteiger partial charge in [0, 0.05) is 33.3 Å². The number of nitriles is 1. The lowest BCUT2D eigenvalue weighted by Crippen LogP contribution is -2.31. The van der Waals surface area contributed by atoms with Crippen LogP contribution >= 0.6 is 11.6 Å². The van der Waals surface area contributed by atoms with E-state index >= 15 is 0 Å². The molecule has 1 fully saturated rings. The van der Waals surface area contributed by atoms with Crippen LogP contribution in [0.25, 0.3) is 0 Å². The number of nitrogens with zero attached hydrogens (tertiary/aromatic N) is 6. The molecule has 7 nitrogen and oxygen atoms in total. The van der Waals surface area contributed by atoms with Crippen LogP contribution in [0.2, 0.25) is 5.28 Å². The van der Waals surface area contributed by atoms with Crippen molar-refractivity contribution in [2.45, 2.75) is 19.3 Å². The van der Waals surface area contributed by atoms with Crippen LogP contribution in [0.3, 0.4) is 0 Å². The van der Waals surface area contributed by atoms with Gasteiger partial charge in [-0.05, 0) is 24.4 Å². The summed E-state index contributed by atoms with van der Waals surface area (Å²) in [5.41, 5.74) is 0. The third-order valence-electron chi connectivity index (χ3n) is 3.32. The zero-order chi connectivity index (χ0) is 15.1. The SMILES string of the molecule is COCCN(CCC#N)c1nc(Cl)nc(N2CCCC2)n1. The minimum Gasteiger partial charge on any atom is -0.383 e. The number of methoxy groups -OCH3 is 1. The fraction of sp³-hybridized carbons (Fsp3) is 0.692. The summed E-state index contributed by atoms with van der Waals surface area (Å²) >= 11 is 6.03. The third kappa shape index (κ3) is 4.41. The van der Waals surface area contributed by atoms with Crippen LogP contribution in [0.4, 0.5) is 11.9 Å². The molecular weight excluding hydrogens is 292 g/mol. The van der Waals surface area contributed by atoms with Gasteiger partial charge in [-0.25, -0.2) is 0 Å². The Balaban J connectivity index is 2.19. The molecule has 0 atom stereocenters. The van der Waals surface area contributed by atoms with E-state index in [1.807, 2.05) is 4.90 Å². The smallest absolute Gasteiger partial charge is 0.231 e. The maximum absolute atomic E-state index is 8.77. The van der Waals surface area contributed by atoms with Crippen LogP contribution in [0.1, 0.15) is 19.3 Å². The molecule has 1 saturated heterocycles. The summed E-state index contributed by atoms with van der Waals surface area (Å²) in [5, 5.41) is 8.96. The number of hydrogen-bond donors (Lipinski definition) is 0. The zero-order valence-corrected chi connectivity index (χ0v) is 12.9. The molecule has 0 bridgehead atoms. The minimum absolute atomic E-state index is 0.182. The van der Waals surface area contributed by atoms with E-state index in [4.69, 9.17) is 21.6 Å². The summed E-state index contributed by atoms with van der Waals surface area (Å²) in [7, 11) is 1.64. The molecule has 1 aliphatic heterocycles. The molecule has 2 rings (SSSR count). The van der Waals surface area contributed by atoms with Crippen molar-refractivity contribution in [3.63, 3.8) is 0 Å². The molecule has 0 spiro atoms. The number of ether oxygens (including phenoxy) is 1. The summed E-state index contributed by atoms with van der Waals surface area (Å²) in [5.74, 6) is 1.12. The second kappa shape index (κ2) is 7.96. The molecule has 0 aliphatic carbocycles. The van der Waals surface area contributed by atoms with E-state index in [9.17, 15) is 0 Å². The fourth-order valence-corrected chi connectivity index (χ4v) is 2.38. The Morgan fingerprint density at radius 1 is 1.29 bits per heavy atom. The van der Waals surface area contributed by atoms with Gasteiger partial charge in [-0.3, -0.25) is 0 Å². The number of hydrogen-bond acceptors (Lipinski definition) is 7. The molecule has 1 aliphatic rings. The molecule has 0 radical (unpaired) electrons. The Morgan fingerprint density at radius 3 is 2.71 bits per heavy atom. The van der Waals surface area contributed by atoms with Crippen LogP contribution in [-0.4, -0.2) is 54.8 Å². The van der Waals surface area contributed by atoms with Crippen molar-refractivity contribution in [3.8, 4) is 6.07 Å². The molecule has 114 valence electrons. The Hall–Kier alpha value is -1.65. The van der Waals surface area contributed by atoms with Gasteiger partial charge in [0.25, 0.3) is 0 Å². The van der Waals surface area contributed by atoms with Crippen molar-refractivity contribution in [2.24, 2.45) is 0 Å². The van der Waals surface area contributed by atoms with Crippen molar-refractivity contribution in [3.05, 3.63) is 5.28 Å². The van der Waals surface area contributed by atoms with Crippen molar-refractivity contribution in [2.75, 3.05) is 49.7 Å². The Labute approximate surface area is 129 Å². The van der Waals surface area contributed by atoms with Gasteiger partial charge >= 0.3 is 0 Å². The van der Waals surface area contributed by atoms with E-state index in [1.165, 1.54) is 0 Å². The minimum atomic E-state index is 0.182. The quantitative estimate of drug-likeness (QED) is 0.755. The van der Waals surface area contributed by atoms with Gasteiger partial charge in [-0.2, -0.15) is 20.2 Å². The van der Waals surface area contributed by atoms with Crippen LogP contribution in [-0.2, 0) is 4.74 Å². The Morgan fingerprint density at radius 2 is 2.05 bits per heavy atom. The Kier molecular flexibility index (Phi) is 5.96. The predicted octanol–water partition coefficient (Wildman–Crippen LogP) is 1.49. The summed E-state index contributed by atoms with van der Waals surface area (Å²) < 4.78 is 5.09. The van der Waals surface area contributed by atoms with E-state index in [-0.39, 0.29) is 5.28 Å². The average molecular weight is 311 g/mol. The zero-order valence-electron chi connectivity index (χ0n) is 12.1. The van der Waals surface area contributed by atoms with E-state index in [2.05, 4.69) is 25.9 Å². The van der Waals surface area contributed by atoms with Gasteiger partial charge in [0.1, 0.15) is 0 Å². The van der Waals surface area contributed by atoms with Gasteiger partial charge in [0.05, 0.1) is 19.1 Å². The molecular formula is C13H19ClN6O. The first-order chi connectivity index (χ1) is 10.2. The standard InChI is InChI=1S/C13H19ClN6O/c1-21-10-9-20(8-4-5-15)13-17-11(14)16-12(18-13)19-6-2-3-7-19/h2-4,6-10H2,1H3. The van der Waals surface area contributed by atoms with Gasteiger partial charge < -0.3 is 14.5 Å². The predicted molar refractivity (Wildman–Crippen MR) is 80.6 cm³/mol. The molecule has 1 aromatic rings. The van der Waals surface area contributed by atoms with E-state index in [0.29, 0.717) is 38.0 Å². The number of rotatable bonds is 7. The van der Waals surface area contributed by atoms with Gasteiger partial charge in [0.15, 0.2) is 0 Å². The molecule has 8 heteroatoms. The van der Waals surface area contributed by atoms with Crippen molar-refractivity contribution < 1.29 is 4.74 Å². The molecule has 2 heterocycles. The van der Waals surface area contributed by atoms with Crippen molar-refractivity contribution in [1.82, 2.24) is 15.0 Å². The highest BCUT2D eigenvalue weighted by atomic mass is 35.5. The van der Waals surface area contributed by atoms with Crippen LogP contribution < -0.4 is 9.80 Å². The molecule has 0 N–H and O–H groups in total. The first kappa shape index (κ1) is 15.7. The third-order valence-corrected chi connectivity index (χ3v) is 3.48. The highest BCUT2D eigenvalue weighted by Crippen LogP contribution is 2.20. The van der Waals surface area contributed by atoms with Crippen LogP contribution in [0.15, 0.2) is 0 Å². The highest BCUT2D eigenvalue weighted by molar-refractivity contribution is 6.28. The second-order valence-electron chi connectivity index (χ2n) is 4.79. The molecule has 0 saturated carbocycles. The maximum Gasteiger partial charge on any atom is 0.231 e. The number of aromatic nitrogens is 3. The molecule has 1 aromatic heterocycles.